The van der Waals surface area contributed by atoms with Gasteiger partial charge in [-0.2, -0.15) is 4.98 Å². The summed E-state index contributed by atoms with van der Waals surface area (Å²) < 4.78 is 0. The number of non-ortho nitro benzene ring substituents is 1. The van der Waals surface area contributed by atoms with E-state index >= 15 is 0 Å². The summed E-state index contributed by atoms with van der Waals surface area (Å²) in [5.74, 6) is -0.653. The van der Waals surface area contributed by atoms with E-state index in [2.05, 4.69) is 20.3 Å². The molecule has 1 aliphatic heterocycles. The molecule has 0 saturated carbocycles. The molecule has 1 aliphatic rings. The molecule has 0 unspecified atom stereocenters. The van der Waals surface area contributed by atoms with E-state index in [1.54, 1.807) is 6.08 Å². The first kappa shape index (κ1) is 14.8. The van der Waals surface area contributed by atoms with Crippen molar-refractivity contribution in [2.45, 2.75) is 0 Å². The Hall–Kier alpha value is -3.82. The van der Waals surface area contributed by atoms with Crippen molar-refractivity contribution in [3.05, 3.63) is 51.3 Å². The number of nitrogens with zero attached hydrogens (tertiary/aromatic N) is 2. The fourth-order valence-electron chi connectivity index (χ4n) is 2.98. The normalized spacial score (nSPS) is 13.9. The molecule has 1 amide bonds. The number of fused-ring (bicyclic) bond motifs is 3. The van der Waals surface area contributed by atoms with Gasteiger partial charge in [0.15, 0.2) is 0 Å². The lowest BCUT2D eigenvalue weighted by Gasteiger charge is -2.05. The van der Waals surface area contributed by atoms with Crippen LogP contribution in [0, 0.1) is 10.1 Å². The van der Waals surface area contributed by atoms with Gasteiger partial charge in [0.25, 0.3) is 11.6 Å². The minimum atomic E-state index is -0.509. The van der Waals surface area contributed by atoms with Gasteiger partial charge in [0.2, 0.25) is 11.8 Å². The van der Waals surface area contributed by atoms with Crippen molar-refractivity contribution in [2.24, 2.45) is 0 Å². The second-order valence-electron chi connectivity index (χ2n) is 5.51. The number of aromatic hydroxyl groups is 1. The van der Waals surface area contributed by atoms with Crippen LogP contribution in [0.4, 0.5) is 11.6 Å². The van der Waals surface area contributed by atoms with Crippen LogP contribution in [0.15, 0.2) is 24.3 Å². The van der Waals surface area contributed by atoms with Gasteiger partial charge >= 0.3 is 0 Å². The zero-order valence-electron chi connectivity index (χ0n) is 12.7. The summed E-state index contributed by atoms with van der Waals surface area (Å²) in [6.45, 7) is 0.214. The number of H-pyrrole nitrogens is 2. The van der Waals surface area contributed by atoms with Crippen molar-refractivity contribution in [3.8, 4) is 5.88 Å². The van der Waals surface area contributed by atoms with Gasteiger partial charge in [-0.1, -0.05) is 6.08 Å². The molecule has 0 aliphatic carbocycles. The molecule has 0 atom stereocenters. The molecule has 3 aromatic rings. The molecule has 0 fully saturated rings. The number of carbonyl (C=O) groups excluding carboxylic acids is 1. The Balaban J connectivity index is 2.05. The van der Waals surface area contributed by atoms with Crippen LogP contribution in [-0.2, 0) is 0 Å². The Bertz CT molecular complexity index is 1080. The standard InChI is InChI=1S/C15H12N6O4/c16-15-19-11(14(23)20-15)7-3-4-17-13(22)12-10(7)8-5-6(21(24)25)1-2-9(8)18-12/h1-3,5,18,23H,4H2,(H,17,22)(H3,16,19,20). The Labute approximate surface area is 139 Å². The highest BCUT2D eigenvalue weighted by Gasteiger charge is 2.27. The summed E-state index contributed by atoms with van der Waals surface area (Å²) in [4.78, 5) is 32.4. The topological polar surface area (TPSA) is 163 Å². The monoisotopic (exact) mass is 340 g/mol. The fourth-order valence-corrected chi connectivity index (χ4v) is 2.98. The second kappa shape index (κ2) is 5.09. The van der Waals surface area contributed by atoms with Crippen LogP contribution in [0.2, 0.25) is 0 Å². The van der Waals surface area contributed by atoms with Crippen LogP contribution in [0.3, 0.4) is 0 Å². The average molecular weight is 340 g/mol. The highest BCUT2D eigenvalue weighted by molar-refractivity contribution is 6.10. The van der Waals surface area contributed by atoms with Crippen LogP contribution < -0.4 is 11.1 Å². The number of nitrogens with two attached hydrogens (primary N) is 1. The van der Waals surface area contributed by atoms with Crippen molar-refractivity contribution < 1.29 is 14.8 Å². The minimum absolute atomic E-state index is 0.0179. The number of nitrogens with one attached hydrogen (secondary N) is 3. The number of hydrogen-bond acceptors (Lipinski definition) is 6. The third-order valence-corrected chi connectivity index (χ3v) is 4.03. The first-order valence-electron chi connectivity index (χ1n) is 7.29. The number of rotatable bonds is 2. The summed E-state index contributed by atoms with van der Waals surface area (Å²) in [7, 11) is 0. The first-order valence-corrected chi connectivity index (χ1v) is 7.29. The van der Waals surface area contributed by atoms with Crippen LogP contribution in [-0.4, -0.2) is 37.4 Å². The van der Waals surface area contributed by atoms with Gasteiger partial charge in [0.1, 0.15) is 11.4 Å². The molecule has 126 valence electrons. The van der Waals surface area contributed by atoms with Gasteiger partial charge in [-0.25, -0.2) is 0 Å². The number of imidazole rings is 1. The van der Waals surface area contributed by atoms with Gasteiger partial charge in [-0.15, -0.1) is 0 Å². The largest absolute Gasteiger partial charge is 0.492 e. The minimum Gasteiger partial charge on any atom is -0.492 e. The molecule has 2 aromatic heterocycles. The lowest BCUT2D eigenvalue weighted by Crippen LogP contribution is -2.22. The molecule has 1 aromatic carbocycles. The van der Waals surface area contributed by atoms with E-state index in [0.717, 1.165) is 0 Å². The van der Waals surface area contributed by atoms with Gasteiger partial charge in [0, 0.05) is 40.7 Å². The van der Waals surface area contributed by atoms with E-state index < -0.39 is 4.92 Å². The van der Waals surface area contributed by atoms with Crippen LogP contribution >= 0.6 is 0 Å². The Morgan fingerprint density at radius 3 is 2.76 bits per heavy atom. The highest BCUT2D eigenvalue weighted by atomic mass is 16.6. The van der Waals surface area contributed by atoms with Crippen molar-refractivity contribution >= 4 is 34.0 Å². The van der Waals surface area contributed by atoms with Crippen LogP contribution in [0.25, 0.3) is 16.5 Å². The SMILES string of the molecule is Nc1nc(O)c(C2=CCNC(=O)c3[nH]c4ccc([N+](=O)[O-])cc4c32)[nH]1. The number of benzene rings is 1. The van der Waals surface area contributed by atoms with Crippen LogP contribution in [0.5, 0.6) is 5.88 Å². The van der Waals surface area contributed by atoms with Gasteiger partial charge in [-0.05, 0) is 6.07 Å². The quantitative estimate of drug-likeness (QED) is 0.348. The zero-order valence-corrected chi connectivity index (χ0v) is 12.7. The highest BCUT2D eigenvalue weighted by Crippen LogP contribution is 2.38. The summed E-state index contributed by atoms with van der Waals surface area (Å²) in [6.07, 6.45) is 1.68. The van der Waals surface area contributed by atoms with E-state index in [1.807, 2.05) is 0 Å². The van der Waals surface area contributed by atoms with Crippen molar-refractivity contribution in [3.63, 3.8) is 0 Å². The lowest BCUT2D eigenvalue weighted by atomic mass is 9.99. The molecule has 0 saturated heterocycles. The van der Waals surface area contributed by atoms with Crippen LogP contribution in [0.1, 0.15) is 21.7 Å². The molecule has 25 heavy (non-hydrogen) atoms. The lowest BCUT2D eigenvalue weighted by molar-refractivity contribution is -0.384. The molecule has 3 heterocycles. The number of nitro groups is 1. The van der Waals surface area contributed by atoms with Crippen molar-refractivity contribution in [1.82, 2.24) is 20.3 Å². The third-order valence-electron chi connectivity index (χ3n) is 4.03. The van der Waals surface area contributed by atoms with Gasteiger partial charge in [0.05, 0.1) is 4.92 Å². The Morgan fingerprint density at radius 1 is 1.28 bits per heavy atom. The maximum absolute atomic E-state index is 12.3. The molecule has 10 nitrogen and oxygen atoms in total. The molecular weight excluding hydrogens is 328 g/mol. The number of aromatic nitrogens is 3. The predicted molar refractivity (Wildman–Crippen MR) is 89.0 cm³/mol. The van der Waals surface area contributed by atoms with E-state index in [9.17, 15) is 20.0 Å². The summed E-state index contributed by atoms with van der Waals surface area (Å²) in [5.41, 5.74) is 7.44. The van der Waals surface area contributed by atoms with Crippen molar-refractivity contribution in [1.29, 1.82) is 0 Å². The fraction of sp³-hybridized carbons (Fsp3) is 0.0667. The number of aromatic amines is 2. The summed E-state index contributed by atoms with van der Waals surface area (Å²) in [6, 6.07) is 4.27. The average Bonchev–Trinajstić information content (AvgIpc) is 3.06. The third kappa shape index (κ3) is 2.19. The molecule has 6 N–H and O–H groups in total. The summed E-state index contributed by atoms with van der Waals surface area (Å²) in [5, 5.41) is 24.3. The number of hydrogen-bond donors (Lipinski definition) is 5. The second-order valence-corrected chi connectivity index (χ2v) is 5.51. The zero-order chi connectivity index (χ0) is 17.7. The molecule has 4 rings (SSSR count). The Kier molecular flexibility index (Phi) is 3.01. The smallest absolute Gasteiger partial charge is 0.270 e. The van der Waals surface area contributed by atoms with Gasteiger partial charge in [-0.3, -0.25) is 14.9 Å². The first-order chi connectivity index (χ1) is 12.0. The number of anilines is 1. The number of nitro benzene ring substituents is 1. The number of amides is 1. The Morgan fingerprint density at radius 2 is 2.08 bits per heavy atom. The molecule has 0 spiro atoms. The van der Waals surface area contributed by atoms with E-state index in [-0.39, 0.29) is 41.4 Å². The molecular formula is C15H12N6O4. The van der Waals surface area contributed by atoms with E-state index in [1.165, 1.54) is 18.2 Å². The maximum Gasteiger partial charge on any atom is 0.270 e. The molecule has 10 heteroatoms. The number of carbonyl (C=O) groups is 1. The summed E-state index contributed by atoms with van der Waals surface area (Å²) >= 11 is 0. The van der Waals surface area contributed by atoms with E-state index in [0.29, 0.717) is 22.0 Å². The predicted octanol–water partition coefficient (Wildman–Crippen LogP) is 1.26. The molecule has 0 radical (unpaired) electrons. The van der Waals surface area contributed by atoms with E-state index in [4.69, 9.17) is 5.73 Å². The maximum atomic E-state index is 12.3. The molecule has 0 bridgehead atoms. The number of nitrogen functional groups attached to an aromatic ring is 1. The van der Waals surface area contributed by atoms with Gasteiger partial charge < -0.3 is 26.1 Å². The van der Waals surface area contributed by atoms with Crippen molar-refractivity contribution in [2.75, 3.05) is 12.3 Å².